The van der Waals surface area contributed by atoms with E-state index in [1.54, 1.807) is 6.07 Å². The van der Waals surface area contributed by atoms with Crippen LogP contribution < -0.4 is 0 Å². The Balaban J connectivity index is 2.24. The molecular weight excluding hydrogens is 234 g/mol. The van der Waals surface area contributed by atoms with E-state index in [1.807, 2.05) is 0 Å². The Morgan fingerprint density at radius 2 is 2.00 bits per heavy atom. The number of aliphatic hydroxyl groups is 2. The number of benzene rings is 1. The molecule has 0 atom stereocenters. The summed E-state index contributed by atoms with van der Waals surface area (Å²) < 4.78 is 30.0. The molecule has 0 amide bonds. The third-order valence-corrected chi connectivity index (χ3v) is 3.43. The monoisotopic (exact) mass is 248 g/mol. The van der Waals surface area contributed by atoms with Crippen molar-refractivity contribution in [2.75, 3.05) is 0 Å². The van der Waals surface area contributed by atoms with Crippen LogP contribution in [0.25, 0.3) is 0 Å². The van der Waals surface area contributed by atoms with Crippen molar-refractivity contribution in [3.05, 3.63) is 35.4 Å². The van der Waals surface area contributed by atoms with Crippen molar-refractivity contribution in [3.63, 3.8) is 0 Å². The zero-order chi connectivity index (χ0) is 12.0. The van der Waals surface area contributed by atoms with Crippen LogP contribution in [0.5, 0.6) is 0 Å². The van der Waals surface area contributed by atoms with Crippen LogP contribution in [0.4, 0.5) is 8.78 Å². The molecule has 0 saturated carbocycles. The highest BCUT2D eigenvalue weighted by Gasteiger charge is 2.02. The second-order valence-corrected chi connectivity index (χ2v) is 4.85. The van der Waals surface area contributed by atoms with E-state index in [4.69, 9.17) is 10.2 Å². The van der Waals surface area contributed by atoms with Gasteiger partial charge in [0.2, 0.25) is 0 Å². The van der Waals surface area contributed by atoms with E-state index in [0.717, 1.165) is 24.1 Å². The van der Waals surface area contributed by atoms with Crippen molar-refractivity contribution in [2.24, 2.45) is 0 Å². The van der Waals surface area contributed by atoms with Crippen LogP contribution in [0.2, 0.25) is 6.04 Å². The van der Waals surface area contributed by atoms with Gasteiger partial charge >= 0.3 is 0 Å². The largest absolute Gasteiger partial charge is 0.379 e. The standard InChI is InChI=1S/C10H14F2O3Si/c11-8-4-3-7(6-9(8)12)2-1-5-16-15-10(13)14/h3-4,6,10,13-14H,1-2,5,16H2. The lowest BCUT2D eigenvalue weighted by Gasteiger charge is -2.05. The van der Waals surface area contributed by atoms with Gasteiger partial charge in [-0.15, -0.1) is 0 Å². The molecule has 3 nitrogen and oxygen atoms in total. The molecular formula is C10H14F2O3Si. The number of hydrogen-bond donors (Lipinski definition) is 2. The lowest BCUT2D eigenvalue weighted by molar-refractivity contribution is -0.180. The van der Waals surface area contributed by atoms with Gasteiger partial charge in [-0.25, -0.2) is 8.78 Å². The molecule has 0 radical (unpaired) electrons. The summed E-state index contributed by atoms with van der Waals surface area (Å²) >= 11 is 0. The summed E-state index contributed by atoms with van der Waals surface area (Å²) in [6.45, 7) is -1.69. The molecule has 0 unspecified atom stereocenters. The number of aryl methyl sites for hydroxylation is 1. The fraction of sp³-hybridized carbons (Fsp3) is 0.400. The summed E-state index contributed by atoms with van der Waals surface area (Å²) in [6.07, 6.45) is 1.40. The fourth-order valence-electron chi connectivity index (χ4n) is 1.32. The van der Waals surface area contributed by atoms with Crippen LogP contribution in [0.1, 0.15) is 12.0 Å². The van der Waals surface area contributed by atoms with Crippen LogP contribution in [-0.2, 0) is 10.8 Å². The third kappa shape index (κ3) is 4.80. The first-order valence-electron chi connectivity index (χ1n) is 5.01. The molecule has 0 aliphatic rings. The van der Waals surface area contributed by atoms with Gasteiger partial charge < -0.3 is 14.6 Å². The van der Waals surface area contributed by atoms with E-state index in [0.29, 0.717) is 6.42 Å². The Hall–Kier alpha value is -0.823. The van der Waals surface area contributed by atoms with Gasteiger partial charge in [-0.05, 0) is 30.2 Å². The lowest BCUT2D eigenvalue weighted by Crippen LogP contribution is -2.13. The molecule has 0 fully saturated rings. The SMILES string of the molecule is OC(O)O[SiH2]CCCc1ccc(F)c(F)c1. The van der Waals surface area contributed by atoms with Crippen molar-refractivity contribution >= 4 is 9.76 Å². The first-order valence-corrected chi connectivity index (χ1v) is 6.59. The van der Waals surface area contributed by atoms with E-state index >= 15 is 0 Å². The van der Waals surface area contributed by atoms with Crippen LogP contribution >= 0.6 is 0 Å². The summed E-state index contributed by atoms with van der Waals surface area (Å²) in [7, 11) is -0.937. The average molecular weight is 248 g/mol. The van der Waals surface area contributed by atoms with Crippen molar-refractivity contribution in [1.29, 1.82) is 0 Å². The molecule has 0 aliphatic heterocycles. The summed E-state index contributed by atoms with van der Waals surface area (Å²) in [5.41, 5.74) is 0.734. The molecule has 0 spiro atoms. The summed E-state index contributed by atoms with van der Waals surface area (Å²) in [4.78, 5) is 0. The third-order valence-electron chi connectivity index (χ3n) is 2.11. The van der Waals surface area contributed by atoms with Crippen molar-refractivity contribution in [2.45, 2.75) is 25.4 Å². The van der Waals surface area contributed by atoms with E-state index in [-0.39, 0.29) is 0 Å². The summed E-state index contributed by atoms with van der Waals surface area (Å²) in [5.74, 6) is -1.68. The van der Waals surface area contributed by atoms with Crippen molar-refractivity contribution in [3.8, 4) is 0 Å². The molecule has 1 aromatic carbocycles. The second-order valence-electron chi connectivity index (χ2n) is 3.40. The Kier molecular flexibility index (Phi) is 5.54. The summed E-state index contributed by atoms with van der Waals surface area (Å²) in [5, 5.41) is 16.8. The highest BCUT2D eigenvalue weighted by atomic mass is 28.2. The number of rotatable bonds is 6. The quantitative estimate of drug-likeness (QED) is 0.442. The predicted octanol–water partition coefficient (Wildman–Crippen LogP) is 0.684. The highest BCUT2D eigenvalue weighted by Crippen LogP contribution is 2.11. The van der Waals surface area contributed by atoms with E-state index in [2.05, 4.69) is 4.43 Å². The van der Waals surface area contributed by atoms with E-state index in [1.165, 1.54) is 6.07 Å². The van der Waals surface area contributed by atoms with E-state index in [9.17, 15) is 8.78 Å². The smallest absolute Gasteiger partial charge is 0.256 e. The minimum Gasteiger partial charge on any atom is -0.379 e. The molecule has 0 bridgehead atoms. The number of hydrogen-bond acceptors (Lipinski definition) is 3. The van der Waals surface area contributed by atoms with Gasteiger partial charge in [-0.3, -0.25) is 0 Å². The fourth-order valence-corrected chi connectivity index (χ4v) is 2.15. The van der Waals surface area contributed by atoms with Gasteiger partial charge in [-0.1, -0.05) is 12.5 Å². The maximum atomic E-state index is 12.8. The normalized spacial score (nSPS) is 11.8. The van der Waals surface area contributed by atoms with Gasteiger partial charge in [0, 0.05) is 0 Å². The van der Waals surface area contributed by atoms with Crippen LogP contribution in [0.15, 0.2) is 18.2 Å². The Bertz CT molecular complexity index is 334. The molecule has 6 heteroatoms. The first-order chi connectivity index (χ1) is 7.59. The van der Waals surface area contributed by atoms with Gasteiger partial charge in [-0.2, -0.15) is 0 Å². The molecule has 0 aromatic heterocycles. The zero-order valence-corrected chi connectivity index (χ0v) is 10.1. The minimum atomic E-state index is -1.69. The van der Waals surface area contributed by atoms with Gasteiger partial charge in [0.15, 0.2) is 21.4 Å². The number of aliphatic hydroxyl groups excluding tert-OH is 1. The first kappa shape index (κ1) is 13.2. The van der Waals surface area contributed by atoms with Gasteiger partial charge in [0.25, 0.3) is 6.48 Å². The molecule has 0 saturated heterocycles. The molecule has 0 heterocycles. The zero-order valence-electron chi connectivity index (χ0n) is 8.70. The lowest BCUT2D eigenvalue weighted by atomic mass is 10.1. The van der Waals surface area contributed by atoms with Crippen LogP contribution in [-0.4, -0.2) is 26.5 Å². The summed E-state index contributed by atoms with van der Waals surface area (Å²) in [6, 6.07) is 4.59. The molecule has 1 aromatic rings. The molecule has 16 heavy (non-hydrogen) atoms. The maximum absolute atomic E-state index is 12.8. The number of halogens is 2. The van der Waals surface area contributed by atoms with Gasteiger partial charge in [0.1, 0.15) is 0 Å². The minimum absolute atomic E-state index is 0.634. The molecule has 2 N–H and O–H groups in total. The van der Waals surface area contributed by atoms with Crippen molar-refractivity contribution < 1.29 is 23.4 Å². The van der Waals surface area contributed by atoms with Gasteiger partial charge in [0.05, 0.1) is 0 Å². The predicted molar refractivity (Wildman–Crippen MR) is 57.3 cm³/mol. The highest BCUT2D eigenvalue weighted by molar-refractivity contribution is 6.26. The Labute approximate surface area is 94.6 Å². The Morgan fingerprint density at radius 1 is 1.25 bits per heavy atom. The maximum Gasteiger partial charge on any atom is 0.256 e. The molecule has 90 valence electrons. The van der Waals surface area contributed by atoms with Crippen LogP contribution in [0, 0.1) is 11.6 Å². The average Bonchev–Trinajstić information content (AvgIpc) is 2.22. The van der Waals surface area contributed by atoms with E-state index < -0.39 is 27.9 Å². The second kappa shape index (κ2) is 6.69. The Morgan fingerprint density at radius 3 is 2.62 bits per heavy atom. The molecule has 0 aliphatic carbocycles. The topological polar surface area (TPSA) is 49.7 Å². The molecule has 1 rings (SSSR count). The van der Waals surface area contributed by atoms with Crippen LogP contribution in [0.3, 0.4) is 0 Å². The van der Waals surface area contributed by atoms with Crippen molar-refractivity contribution in [1.82, 2.24) is 0 Å².